The Labute approximate surface area is 118 Å². The third kappa shape index (κ3) is 2.65. The Morgan fingerprint density at radius 2 is 2.21 bits per heavy atom. The van der Waals surface area contributed by atoms with Crippen LogP contribution in [-0.4, -0.2) is 39.7 Å². The highest BCUT2D eigenvalue weighted by molar-refractivity contribution is 9.09. The van der Waals surface area contributed by atoms with Crippen molar-refractivity contribution >= 4 is 32.8 Å². The number of H-pyrrole nitrogens is 1. The van der Waals surface area contributed by atoms with Crippen molar-refractivity contribution in [3.8, 4) is 0 Å². The fraction of sp³-hybridized carbons (Fsp3) is 0.308. The van der Waals surface area contributed by atoms with Gasteiger partial charge in [0.25, 0.3) is 0 Å². The average Bonchev–Trinajstić information content (AvgIpc) is 2.91. The number of fused-ring (bicyclic) bond motifs is 1. The molecule has 0 fully saturated rings. The molecule has 1 aromatic heterocycles. The summed E-state index contributed by atoms with van der Waals surface area (Å²) < 4.78 is 4.73. The molecule has 19 heavy (non-hydrogen) atoms. The summed E-state index contributed by atoms with van der Waals surface area (Å²) in [5, 5.41) is 20.6. The first-order valence-corrected chi connectivity index (χ1v) is 6.82. The van der Waals surface area contributed by atoms with Crippen molar-refractivity contribution in [2.75, 3.05) is 12.4 Å². The zero-order valence-electron chi connectivity index (χ0n) is 10.3. The first-order chi connectivity index (χ1) is 9.08. The average molecular weight is 328 g/mol. The van der Waals surface area contributed by atoms with Gasteiger partial charge in [0.1, 0.15) is 6.10 Å². The SMILES string of the molecule is COC(=O)c1cc(C(O)C(O)CBr)cc2[nH]ccc12. The molecular formula is C13H14BrNO4. The molecule has 0 saturated heterocycles. The van der Waals surface area contributed by atoms with Crippen LogP contribution in [0.15, 0.2) is 24.4 Å². The van der Waals surface area contributed by atoms with Crippen LogP contribution in [0.5, 0.6) is 0 Å². The topological polar surface area (TPSA) is 82.6 Å². The van der Waals surface area contributed by atoms with Crippen LogP contribution >= 0.6 is 15.9 Å². The summed E-state index contributed by atoms with van der Waals surface area (Å²) in [6.45, 7) is 0. The van der Waals surface area contributed by atoms with Gasteiger partial charge in [0.05, 0.1) is 18.8 Å². The number of esters is 1. The molecule has 2 rings (SSSR count). The van der Waals surface area contributed by atoms with Crippen LogP contribution in [0.25, 0.3) is 10.9 Å². The van der Waals surface area contributed by atoms with Gasteiger partial charge in [0.2, 0.25) is 0 Å². The number of hydrogen-bond donors (Lipinski definition) is 3. The van der Waals surface area contributed by atoms with Gasteiger partial charge in [-0.25, -0.2) is 4.79 Å². The van der Waals surface area contributed by atoms with Crippen LogP contribution in [0.4, 0.5) is 0 Å². The van der Waals surface area contributed by atoms with Gasteiger partial charge in [-0.05, 0) is 23.8 Å². The van der Waals surface area contributed by atoms with E-state index in [4.69, 9.17) is 4.74 Å². The highest BCUT2D eigenvalue weighted by atomic mass is 79.9. The van der Waals surface area contributed by atoms with Crippen molar-refractivity contribution < 1.29 is 19.7 Å². The number of halogens is 1. The van der Waals surface area contributed by atoms with Crippen molar-refractivity contribution in [2.45, 2.75) is 12.2 Å². The Bertz CT molecular complexity index is 595. The molecule has 0 aliphatic heterocycles. The molecule has 0 aliphatic carbocycles. The van der Waals surface area contributed by atoms with Gasteiger partial charge in [-0.15, -0.1) is 0 Å². The molecule has 3 N–H and O–H groups in total. The number of ether oxygens (including phenoxy) is 1. The minimum absolute atomic E-state index is 0.241. The number of nitrogens with one attached hydrogen (secondary N) is 1. The molecule has 6 heteroatoms. The van der Waals surface area contributed by atoms with Crippen molar-refractivity contribution in [3.05, 3.63) is 35.5 Å². The first kappa shape index (κ1) is 14.0. The Kier molecular flexibility index (Phi) is 4.24. The predicted molar refractivity (Wildman–Crippen MR) is 74.4 cm³/mol. The van der Waals surface area contributed by atoms with Crippen LogP contribution < -0.4 is 0 Å². The molecule has 5 nitrogen and oxygen atoms in total. The second-order valence-corrected chi connectivity index (χ2v) is 4.81. The Hall–Kier alpha value is -1.37. The Balaban J connectivity index is 2.54. The van der Waals surface area contributed by atoms with E-state index in [2.05, 4.69) is 20.9 Å². The molecule has 0 amide bonds. The van der Waals surface area contributed by atoms with E-state index in [1.165, 1.54) is 7.11 Å². The standard InChI is InChI=1S/C13H14BrNO4/c1-19-13(18)9-4-7(12(17)11(16)6-14)5-10-8(9)2-3-15-10/h2-5,11-12,15-17H,6H2,1H3. The summed E-state index contributed by atoms with van der Waals surface area (Å²) in [4.78, 5) is 14.7. The summed E-state index contributed by atoms with van der Waals surface area (Å²) in [6.07, 6.45) is -0.317. The minimum atomic E-state index is -1.07. The normalized spacial score (nSPS) is 14.3. The number of aromatic amines is 1. The molecule has 0 bridgehead atoms. The molecular weight excluding hydrogens is 314 g/mol. The zero-order valence-corrected chi connectivity index (χ0v) is 11.8. The fourth-order valence-electron chi connectivity index (χ4n) is 1.95. The first-order valence-electron chi connectivity index (χ1n) is 5.70. The van der Waals surface area contributed by atoms with E-state index in [1.807, 2.05) is 0 Å². The van der Waals surface area contributed by atoms with Crippen molar-refractivity contribution in [1.29, 1.82) is 0 Å². The maximum atomic E-state index is 11.8. The molecule has 0 spiro atoms. The second kappa shape index (κ2) is 5.73. The summed E-state index contributed by atoms with van der Waals surface area (Å²) >= 11 is 3.11. The van der Waals surface area contributed by atoms with Gasteiger partial charge in [0, 0.05) is 22.4 Å². The molecule has 102 valence electrons. The summed E-state index contributed by atoms with van der Waals surface area (Å²) in [6, 6.07) is 5.01. The van der Waals surface area contributed by atoms with Crippen molar-refractivity contribution in [2.24, 2.45) is 0 Å². The lowest BCUT2D eigenvalue weighted by Crippen LogP contribution is -2.20. The Morgan fingerprint density at radius 3 is 2.84 bits per heavy atom. The van der Waals surface area contributed by atoms with E-state index < -0.39 is 18.2 Å². The number of alkyl halides is 1. The molecule has 2 unspecified atom stereocenters. The fourth-order valence-corrected chi connectivity index (χ4v) is 2.30. The van der Waals surface area contributed by atoms with E-state index in [1.54, 1.807) is 24.4 Å². The highest BCUT2D eigenvalue weighted by Crippen LogP contribution is 2.26. The molecule has 1 heterocycles. The number of methoxy groups -OCH3 is 1. The number of aliphatic hydroxyl groups is 2. The monoisotopic (exact) mass is 327 g/mol. The molecule has 0 radical (unpaired) electrons. The number of rotatable bonds is 4. The zero-order chi connectivity index (χ0) is 14.0. The molecule has 1 aromatic carbocycles. The lowest BCUT2D eigenvalue weighted by atomic mass is 10.00. The molecule has 2 aromatic rings. The van der Waals surface area contributed by atoms with E-state index in [9.17, 15) is 15.0 Å². The van der Waals surface area contributed by atoms with Gasteiger partial charge >= 0.3 is 5.97 Å². The van der Waals surface area contributed by atoms with Gasteiger partial charge in [0.15, 0.2) is 0 Å². The van der Waals surface area contributed by atoms with Crippen LogP contribution in [0, 0.1) is 0 Å². The predicted octanol–water partition coefficient (Wildman–Crippen LogP) is 1.74. The number of hydrogen-bond acceptors (Lipinski definition) is 4. The lowest BCUT2D eigenvalue weighted by molar-refractivity contribution is 0.0342. The van der Waals surface area contributed by atoms with Crippen molar-refractivity contribution in [1.82, 2.24) is 4.98 Å². The number of benzene rings is 1. The number of aromatic nitrogens is 1. The highest BCUT2D eigenvalue weighted by Gasteiger charge is 2.21. The third-order valence-electron chi connectivity index (χ3n) is 2.96. The largest absolute Gasteiger partial charge is 0.465 e. The number of aliphatic hydroxyl groups excluding tert-OH is 2. The van der Waals surface area contributed by atoms with E-state index in [0.29, 0.717) is 16.6 Å². The van der Waals surface area contributed by atoms with Crippen LogP contribution in [0.3, 0.4) is 0 Å². The smallest absolute Gasteiger partial charge is 0.338 e. The quantitative estimate of drug-likeness (QED) is 0.590. The molecule has 0 saturated carbocycles. The van der Waals surface area contributed by atoms with Gasteiger partial charge in [-0.3, -0.25) is 0 Å². The summed E-state index contributed by atoms with van der Waals surface area (Å²) in [5.41, 5.74) is 1.53. The summed E-state index contributed by atoms with van der Waals surface area (Å²) in [5.74, 6) is -0.480. The maximum absolute atomic E-state index is 11.8. The Morgan fingerprint density at radius 1 is 1.47 bits per heavy atom. The van der Waals surface area contributed by atoms with Crippen molar-refractivity contribution in [3.63, 3.8) is 0 Å². The minimum Gasteiger partial charge on any atom is -0.465 e. The number of carbonyl (C=O) groups excluding carboxylic acids is 1. The van der Waals surface area contributed by atoms with Crippen LogP contribution in [-0.2, 0) is 4.74 Å². The van der Waals surface area contributed by atoms with Crippen LogP contribution in [0.2, 0.25) is 0 Å². The maximum Gasteiger partial charge on any atom is 0.338 e. The lowest BCUT2D eigenvalue weighted by Gasteiger charge is -2.17. The molecule has 2 atom stereocenters. The van der Waals surface area contributed by atoms with Gasteiger partial charge in [-0.1, -0.05) is 15.9 Å². The van der Waals surface area contributed by atoms with Gasteiger partial charge < -0.3 is 19.9 Å². The second-order valence-electron chi connectivity index (χ2n) is 4.17. The van der Waals surface area contributed by atoms with Gasteiger partial charge in [-0.2, -0.15) is 0 Å². The van der Waals surface area contributed by atoms with E-state index >= 15 is 0 Å². The van der Waals surface area contributed by atoms with E-state index in [-0.39, 0.29) is 5.33 Å². The van der Waals surface area contributed by atoms with Crippen LogP contribution in [0.1, 0.15) is 22.0 Å². The molecule has 0 aliphatic rings. The summed E-state index contributed by atoms with van der Waals surface area (Å²) in [7, 11) is 1.30. The third-order valence-corrected chi connectivity index (χ3v) is 3.62. The number of carbonyl (C=O) groups is 1. The van der Waals surface area contributed by atoms with E-state index in [0.717, 1.165) is 5.39 Å².